The van der Waals surface area contributed by atoms with Gasteiger partial charge in [-0.25, -0.2) is 4.68 Å². The maximum atomic E-state index is 14.1. The fraction of sp³-hybridized carbons (Fsp3) is 0.548. The quantitative estimate of drug-likeness (QED) is 0.521. The number of hydrogen-bond donors (Lipinski definition) is 1. The maximum absolute atomic E-state index is 14.1. The van der Waals surface area contributed by atoms with Crippen LogP contribution in [0.15, 0.2) is 30.3 Å². The van der Waals surface area contributed by atoms with E-state index < -0.39 is 5.97 Å². The highest BCUT2D eigenvalue weighted by Crippen LogP contribution is 2.60. The van der Waals surface area contributed by atoms with Crippen LogP contribution in [0.2, 0.25) is 0 Å². The highest BCUT2D eigenvalue weighted by atomic mass is 16.4. The summed E-state index contributed by atoms with van der Waals surface area (Å²) in [6, 6.07) is 10.3. The summed E-state index contributed by atoms with van der Waals surface area (Å²) in [4.78, 5) is 28.2. The first-order valence-electron chi connectivity index (χ1n) is 14.2. The minimum atomic E-state index is -0.819. The minimum Gasteiger partial charge on any atom is -0.481 e. The Morgan fingerprint density at radius 1 is 1.05 bits per heavy atom. The Balaban J connectivity index is 1.21. The molecule has 3 aromatic rings. The highest BCUT2D eigenvalue weighted by molar-refractivity contribution is 5.84. The molecule has 1 N–H and O–H groups in total. The SMILES string of the molecule is Cc1c(C(CC(=O)O)c2cccc3c2CCN(C(=O)C24CC5CC(CC(C5)C2)C4)C3)ccc2c1nnn2C. The highest BCUT2D eigenvalue weighted by Gasteiger charge is 2.55. The predicted molar refractivity (Wildman–Crippen MR) is 144 cm³/mol. The Bertz CT molecular complexity index is 1420. The van der Waals surface area contributed by atoms with Crippen molar-refractivity contribution in [2.75, 3.05) is 6.54 Å². The average molecular weight is 513 g/mol. The van der Waals surface area contributed by atoms with E-state index in [1.807, 2.05) is 32.2 Å². The van der Waals surface area contributed by atoms with E-state index in [2.05, 4.69) is 27.3 Å². The predicted octanol–water partition coefficient (Wildman–Crippen LogP) is 4.98. The Kier molecular flexibility index (Phi) is 5.43. The number of amides is 1. The number of carbonyl (C=O) groups is 2. The number of fused-ring (bicyclic) bond motifs is 2. The fourth-order valence-corrected chi connectivity index (χ4v) is 9.04. The number of hydrogen-bond acceptors (Lipinski definition) is 4. The second kappa shape index (κ2) is 8.65. The summed E-state index contributed by atoms with van der Waals surface area (Å²) in [7, 11) is 1.87. The van der Waals surface area contributed by atoms with Gasteiger partial charge in [0, 0.05) is 26.1 Å². The Labute approximate surface area is 223 Å². The molecule has 5 aliphatic rings. The van der Waals surface area contributed by atoms with E-state index in [1.54, 1.807) is 4.68 Å². The van der Waals surface area contributed by atoms with Gasteiger partial charge in [0.05, 0.1) is 17.4 Å². The van der Waals surface area contributed by atoms with Crippen LogP contribution in [0, 0.1) is 30.1 Å². The van der Waals surface area contributed by atoms with Crippen molar-refractivity contribution in [1.82, 2.24) is 19.9 Å². The molecular formula is C31H36N4O3. The Hall–Kier alpha value is -3.22. The van der Waals surface area contributed by atoms with Gasteiger partial charge in [0.25, 0.3) is 0 Å². The summed E-state index contributed by atoms with van der Waals surface area (Å²) in [5, 5.41) is 18.4. The van der Waals surface area contributed by atoms with Crippen molar-refractivity contribution in [1.29, 1.82) is 0 Å². The van der Waals surface area contributed by atoms with Crippen LogP contribution in [-0.4, -0.2) is 43.4 Å². The molecule has 1 aromatic heterocycles. The number of rotatable bonds is 5. The van der Waals surface area contributed by atoms with Crippen molar-refractivity contribution in [3.63, 3.8) is 0 Å². The van der Waals surface area contributed by atoms with Gasteiger partial charge >= 0.3 is 5.97 Å². The lowest BCUT2D eigenvalue weighted by Crippen LogP contribution is -2.55. The molecule has 2 aromatic carbocycles. The molecule has 38 heavy (non-hydrogen) atoms. The molecule has 4 bridgehead atoms. The van der Waals surface area contributed by atoms with Gasteiger partial charge in [0.2, 0.25) is 5.91 Å². The van der Waals surface area contributed by atoms with E-state index >= 15 is 0 Å². The van der Waals surface area contributed by atoms with E-state index in [0.29, 0.717) is 19.0 Å². The van der Waals surface area contributed by atoms with E-state index in [-0.39, 0.29) is 17.8 Å². The molecule has 0 spiro atoms. The molecule has 7 nitrogen and oxygen atoms in total. The van der Waals surface area contributed by atoms with Crippen molar-refractivity contribution >= 4 is 22.9 Å². The summed E-state index contributed by atoms with van der Waals surface area (Å²) in [6.45, 7) is 3.36. The molecule has 0 radical (unpaired) electrons. The monoisotopic (exact) mass is 512 g/mol. The fourth-order valence-electron chi connectivity index (χ4n) is 9.04. The molecule has 1 unspecified atom stereocenters. The van der Waals surface area contributed by atoms with Gasteiger partial charge in [-0.3, -0.25) is 9.59 Å². The third-order valence-electron chi connectivity index (χ3n) is 10.3. The average Bonchev–Trinajstić information content (AvgIpc) is 3.27. The second-order valence-electron chi connectivity index (χ2n) is 12.7. The third kappa shape index (κ3) is 3.69. The number of nitrogens with zero attached hydrogens (tertiary/aromatic N) is 4. The third-order valence-corrected chi connectivity index (χ3v) is 10.3. The summed E-state index contributed by atoms with van der Waals surface area (Å²) in [6.07, 6.45) is 8.06. The number of carboxylic acid groups (broad SMARTS) is 1. The number of carboxylic acids is 1. The molecule has 1 atom stereocenters. The van der Waals surface area contributed by atoms with Crippen LogP contribution in [0.3, 0.4) is 0 Å². The first-order valence-corrected chi connectivity index (χ1v) is 14.2. The zero-order valence-electron chi connectivity index (χ0n) is 22.3. The van der Waals surface area contributed by atoms with Crippen LogP contribution in [0.25, 0.3) is 11.0 Å². The molecule has 8 rings (SSSR count). The van der Waals surface area contributed by atoms with Gasteiger partial charge in [-0.15, -0.1) is 5.10 Å². The lowest BCUT2D eigenvalue weighted by Gasteiger charge is -2.56. The van der Waals surface area contributed by atoms with E-state index in [1.165, 1.54) is 30.4 Å². The van der Waals surface area contributed by atoms with E-state index in [0.717, 1.165) is 71.2 Å². The first-order chi connectivity index (χ1) is 18.3. The van der Waals surface area contributed by atoms with Gasteiger partial charge in [0.1, 0.15) is 5.52 Å². The Morgan fingerprint density at radius 2 is 1.76 bits per heavy atom. The standard InChI is InChI=1S/C31H36N4O3/c1-18-23(6-7-27-29(18)32-33-34(27)2)26(13-28(36)37)25-5-3-4-22-17-35(9-8-24(22)25)30(38)31-14-19-10-20(15-31)12-21(11-19)16-31/h3-7,19-21,26H,8-17H2,1-2H3,(H,36,37). The van der Waals surface area contributed by atoms with E-state index in [9.17, 15) is 14.7 Å². The molecule has 4 saturated carbocycles. The second-order valence-corrected chi connectivity index (χ2v) is 12.7. The zero-order valence-corrected chi connectivity index (χ0v) is 22.3. The molecule has 1 aliphatic heterocycles. The smallest absolute Gasteiger partial charge is 0.304 e. The number of aliphatic carboxylic acids is 1. The van der Waals surface area contributed by atoms with Crippen molar-refractivity contribution in [2.24, 2.45) is 30.2 Å². The van der Waals surface area contributed by atoms with Crippen LogP contribution >= 0.6 is 0 Å². The van der Waals surface area contributed by atoms with Crippen molar-refractivity contribution in [3.05, 3.63) is 58.1 Å². The summed E-state index contributed by atoms with van der Waals surface area (Å²) >= 11 is 0. The molecule has 0 saturated heterocycles. The van der Waals surface area contributed by atoms with Crippen molar-refractivity contribution in [3.8, 4) is 0 Å². The van der Waals surface area contributed by atoms with Crippen LogP contribution in [-0.2, 0) is 29.6 Å². The minimum absolute atomic E-state index is 0.0129. The van der Waals surface area contributed by atoms with Crippen molar-refractivity contribution in [2.45, 2.75) is 70.8 Å². The number of carbonyl (C=O) groups excluding carboxylic acids is 1. The lowest BCUT2D eigenvalue weighted by molar-refractivity contribution is -0.158. The van der Waals surface area contributed by atoms with Gasteiger partial charge in [0.15, 0.2) is 0 Å². The molecule has 4 aliphatic carbocycles. The maximum Gasteiger partial charge on any atom is 0.304 e. The molecule has 1 amide bonds. The molecule has 7 heteroatoms. The normalized spacial score (nSPS) is 28.5. The van der Waals surface area contributed by atoms with Gasteiger partial charge in [-0.05, 0) is 104 Å². The van der Waals surface area contributed by atoms with E-state index in [4.69, 9.17) is 0 Å². The zero-order chi connectivity index (χ0) is 26.2. The molecule has 2 heterocycles. The topological polar surface area (TPSA) is 88.3 Å². The summed E-state index contributed by atoms with van der Waals surface area (Å²) in [5.41, 5.74) is 7.05. The number of aromatic nitrogens is 3. The van der Waals surface area contributed by atoms with Gasteiger partial charge in [-0.1, -0.05) is 29.5 Å². The largest absolute Gasteiger partial charge is 0.481 e. The number of benzene rings is 2. The Morgan fingerprint density at radius 3 is 2.45 bits per heavy atom. The molecule has 198 valence electrons. The summed E-state index contributed by atoms with van der Waals surface area (Å²) < 4.78 is 1.75. The van der Waals surface area contributed by atoms with Crippen LogP contribution in [0.4, 0.5) is 0 Å². The number of aryl methyl sites for hydroxylation is 2. The van der Waals surface area contributed by atoms with Crippen LogP contribution < -0.4 is 0 Å². The first kappa shape index (κ1) is 23.9. The molecule has 4 fully saturated rings. The van der Waals surface area contributed by atoms with Crippen LogP contribution in [0.5, 0.6) is 0 Å². The van der Waals surface area contributed by atoms with Gasteiger partial charge < -0.3 is 10.0 Å². The summed E-state index contributed by atoms with van der Waals surface area (Å²) in [5.74, 6) is 1.54. The van der Waals surface area contributed by atoms with Crippen molar-refractivity contribution < 1.29 is 14.7 Å². The lowest BCUT2D eigenvalue weighted by atomic mass is 9.49. The van der Waals surface area contributed by atoms with Crippen LogP contribution in [0.1, 0.15) is 78.7 Å². The van der Waals surface area contributed by atoms with Gasteiger partial charge in [-0.2, -0.15) is 0 Å². The molecular weight excluding hydrogens is 476 g/mol.